The zero-order valence-electron chi connectivity index (χ0n) is 12.0. The quantitative estimate of drug-likeness (QED) is 0.619. The summed E-state index contributed by atoms with van der Waals surface area (Å²) in [6.07, 6.45) is 2.96. The summed E-state index contributed by atoms with van der Waals surface area (Å²) in [6.45, 7) is 12.2. The lowest BCUT2D eigenvalue weighted by Crippen LogP contribution is -2.17. The molecule has 0 spiro atoms. The molecule has 0 heterocycles. The molecule has 1 nitrogen and oxygen atoms in total. The summed E-state index contributed by atoms with van der Waals surface area (Å²) in [5.41, 5.74) is 1.11. The maximum Gasteiger partial charge on any atom is 0.123 e. The minimum atomic E-state index is -0.243. The van der Waals surface area contributed by atoms with Gasteiger partial charge in [0.1, 0.15) is 17.7 Å². The summed E-state index contributed by atoms with van der Waals surface area (Å²) < 4.78 is 18.5. The third-order valence-electron chi connectivity index (χ3n) is 2.49. The molecule has 0 aromatic heterocycles. The first-order valence-corrected chi connectivity index (χ1v) is 6.77. The van der Waals surface area contributed by atoms with Crippen molar-refractivity contribution in [3.63, 3.8) is 0 Å². The van der Waals surface area contributed by atoms with Gasteiger partial charge in [-0.25, -0.2) is 4.39 Å². The van der Waals surface area contributed by atoms with Crippen LogP contribution in [0.25, 0.3) is 0 Å². The van der Waals surface area contributed by atoms with Crippen molar-refractivity contribution < 1.29 is 9.13 Å². The van der Waals surface area contributed by atoms with E-state index in [9.17, 15) is 4.39 Å². The van der Waals surface area contributed by atoms with Gasteiger partial charge in [-0.2, -0.15) is 0 Å². The maximum atomic E-state index is 12.7. The van der Waals surface area contributed by atoms with Crippen molar-refractivity contribution in [2.24, 2.45) is 0 Å². The van der Waals surface area contributed by atoms with E-state index in [1.54, 1.807) is 12.1 Å². The van der Waals surface area contributed by atoms with Crippen LogP contribution in [0.3, 0.4) is 0 Å². The van der Waals surface area contributed by atoms with E-state index < -0.39 is 0 Å². The van der Waals surface area contributed by atoms with Crippen molar-refractivity contribution in [1.82, 2.24) is 0 Å². The van der Waals surface area contributed by atoms with Crippen LogP contribution in [-0.4, -0.2) is 6.10 Å². The molecule has 102 valence electrons. The van der Waals surface area contributed by atoms with E-state index in [0.29, 0.717) is 5.75 Å². The van der Waals surface area contributed by atoms with Gasteiger partial charge in [-0.1, -0.05) is 40.7 Å². The third-order valence-corrected chi connectivity index (χ3v) is 2.49. The van der Waals surface area contributed by atoms with Crippen LogP contribution in [0.1, 0.15) is 47.0 Å². The van der Waals surface area contributed by atoms with Crippen molar-refractivity contribution >= 4 is 0 Å². The zero-order valence-corrected chi connectivity index (χ0v) is 12.0. The van der Waals surface area contributed by atoms with Crippen LogP contribution in [0.15, 0.2) is 36.4 Å². The Labute approximate surface area is 111 Å². The number of benzene rings is 1. The molecule has 0 amide bonds. The molecule has 2 heteroatoms. The molecule has 0 saturated carbocycles. The normalized spacial score (nSPS) is 11.2. The Kier molecular flexibility index (Phi) is 8.99. The van der Waals surface area contributed by atoms with Crippen LogP contribution in [0.4, 0.5) is 4.39 Å². The molecule has 0 fully saturated rings. The van der Waals surface area contributed by atoms with Crippen LogP contribution in [0, 0.1) is 5.82 Å². The molecule has 0 aliphatic rings. The molecule has 0 bridgehead atoms. The smallest absolute Gasteiger partial charge is 0.123 e. The molecule has 1 aromatic rings. The lowest BCUT2D eigenvalue weighted by molar-refractivity contribution is 0.228. The van der Waals surface area contributed by atoms with Crippen LogP contribution in [0.5, 0.6) is 5.75 Å². The van der Waals surface area contributed by atoms with Crippen LogP contribution >= 0.6 is 0 Å². The summed E-state index contributed by atoms with van der Waals surface area (Å²) in [7, 11) is 0. The molecule has 1 rings (SSSR count). The standard InChI is InChI=1S/C14H19FO.C2H6/c1-4-6-11(3)14(5-2)16-13-9-7-12(15)8-10-13;1-2/h7-10,14H,3-6H2,1-2H3;1-2H3. The van der Waals surface area contributed by atoms with Crippen LogP contribution in [-0.2, 0) is 0 Å². The molecule has 0 aliphatic carbocycles. The highest BCUT2D eigenvalue weighted by molar-refractivity contribution is 5.23. The Morgan fingerprint density at radius 2 is 1.78 bits per heavy atom. The lowest BCUT2D eigenvalue weighted by Gasteiger charge is -2.19. The molecule has 0 saturated heterocycles. The second-order valence-corrected chi connectivity index (χ2v) is 3.88. The first-order chi connectivity index (χ1) is 8.67. The number of hydrogen-bond acceptors (Lipinski definition) is 1. The van der Waals surface area contributed by atoms with Gasteiger partial charge in [-0.3, -0.25) is 0 Å². The average molecular weight is 252 g/mol. The van der Waals surface area contributed by atoms with Crippen molar-refractivity contribution in [2.75, 3.05) is 0 Å². The minimum absolute atomic E-state index is 0.0328. The highest BCUT2D eigenvalue weighted by atomic mass is 19.1. The number of hydrogen-bond donors (Lipinski definition) is 0. The van der Waals surface area contributed by atoms with E-state index in [1.807, 2.05) is 13.8 Å². The number of ether oxygens (including phenoxy) is 1. The predicted molar refractivity (Wildman–Crippen MR) is 76.5 cm³/mol. The van der Waals surface area contributed by atoms with E-state index in [2.05, 4.69) is 20.4 Å². The molecule has 0 aliphatic heterocycles. The highest BCUT2D eigenvalue weighted by Gasteiger charge is 2.11. The monoisotopic (exact) mass is 252 g/mol. The van der Waals surface area contributed by atoms with Gasteiger partial charge in [0.05, 0.1) is 0 Å². The minimum Gasteiger partial charge on any atom is -0.486 e. The van der Waals surface area contributed by atoms with E-state index in [1.165, 1.54) is 12.1 Å². The van der Waals surface area contributed by atoms with Gasteiger partial charge in [-0.05, 0) is 42.7 Å². The van der Waals surface area contributed by atoms with E-state index >= 15 is 0 Å². The zero-order chi connectivity index (χ0) is 14.0. The molecular weight excluding hydrogens is 227 g/mol. The van der Waals surface area contributed by atoms with Crippen molar-refractivity contribution in [3.8, 4) is 5.75 Å². The van der Waals surface area contributed by atoms with Gasteiger partial charge in [-0.15, -0.1) is 0 Å². The van der Waals surface area contributed by atoms with Crippen LogP contribution < -0.4 is 4.74 Å². The highest BCUT2D eigenvalue weighted by Crippen LogP contribution is 2.19. The first kappa shape index (κ1) is 16.7. The Morgan fingerprint density at radius 1 is 1.22 bits per heavy atom. The average Bonchev–Trinajstić information content (AvgIpc) is 2.40. The molecule has 0 N–H and O–H groups in total. The molecule has 1 atom stereocenters. The molecular formula is C16H25FO. The largest absolute Gasteiger partial charge is 0.486 e. The fourth-order valence-corrected chi connectivity index (χ4v) is 1.61. The van der Waals surface area contributed by atoms with Crippen molar-refractivity contribution in [2.45, 2.75) is 53.1 Å². The summed E-state index contributed by atoms with van der Waals surface area (Å²) >= 11 is 0. The van der Waals surface area contributed by atoms with Gasteiger partial charge in [0.25, 0.3) is 0 Å². The Bertz CT molecular complexity index is 329. The van der Waals surface area contributed by atoms with Crippen molar-refractivity contribution in [3.05, 3.63) is 42.2 Å². The second-order valence-electron chi connectivity index (χ2n) is 3.88. The van der Waals surface area contributed by atoms with Gasteiger partial charge in [0.15, 0.2) is 0 Å². The fraction of sp³-hybridized carbons (Fsp3) is 0.500. The van der Waals surface area contributed by atoms with Gasteiger partial charge in [0.2, 0.25) is 0 Å². The second kappa shape index (κ2) is 9.69. The lowest BCUT2D eigenvalue weighted by atomic mass is 10.0. The van der Waals surface area contributed by atoms with E-state index in [4.69, 9.17) is 4.74 Å². The molecule has 1 unspecified atom stereocenters. The Balaban J connectivity index is 0.00000137. The topological polar surface area (TPSA) is 9.23 Å². The Hall–Kier alpha value is -1.31. The number of halogens is 1. The van der Waals surface area contributed by atoms with Crippen molar-refractivity contribution in [1.29, 1.82) is 0 Å². The molecule has 1 aromatic carbocycles. The SMILES string of the molecule is C=C(CCC)C(CC)Oc1ccc(F)cc1.CC. The predicted octanol–water partition coefficient (Wildman–Crippen LogP) is 5.37. The summed E-state index contributed by atoms with van der Waals surface area (Å²) in [6, 6.07) is 6.11. The Morgan fingerprint density at radius 3 is 2.22 bits per heavy atom. The van der Waals surface area contributed by atoms with E-state index in [-0.39, 0.29) is 11.9 Å². The van der Waals surface area contributed by atoms with Gasteiger partial charge < -0.3 is 4.74 Å². The maximum absolute atomic E-state index is 12.7. The summed E-state index contributed by atoms with van der Waals surface area (Å²) in [5.74, 6) is 0.457. The van der Waals surface area contributed by atoms with Gasteiger partial charge in [0, 0.05) is 0 Å². The first-order valence-electron chi connectivity index (χ1n) is 6.77. The molecule has 0 radical (unpaired) electrons. The van der Waals surface area contributed by atoms with E-state index in [0.717, 1.165) is 24.8 Å². The third kappa shape index (κ3) is 5.85. The summed E-state index contributed by atoms with van der Waals surface area (Å²) in [5, 5.41) is 0. The fourth-order valence-electron chi connectivity index (χ4n) is 1.61. The van der Waals surface area contributed by atoms with Gasteiger partial charge >= 0.3 is 0 Å². The van der Waals surface area contributed by atoms with Crippen LogP contribution in [0.2, 0.25) is 0 Å². The number of rotatable bonds is 6. The molecule has 18 heavy (non-hydrogen) atoms. The summed E-state index contributed by atoms with van der Waals surface area (Å²) in [4.78, 5) is 0.